The van der Waals surface area contributed by atoms with Crippen molar-refractivity contribution >= 4 is 34.5 Å². The van der Waals surface area contributed by atoms with Gasteiger partial charge in [-0.15, -0.1) is 12.6 Å². The van der Waals surface area contributed by atoms with Crippen LogP contribution in [0.15, 0.2) is 39.2 Å². The number of allylic oxidation sites excluding steroid dienone is 1. The van der Waals surface area contributed by atoms with Gasteiger partial charge in [0.25, 0.3) is 5.91 Å². The molecule has 1 amide bonds. The normalized spacial score (nSPS) is 14.9. The summed E-state index contributed by atoms with van der Waals surface area (Å²) < 4.78 is 0.932. The molecule has 1 aliphatic carbocycles. The molecule has 1 aliphatic rings. The molecule has 4 heteroatoms. The maximum Gasteiger partial charge on any atom is 0.252 e. The maximum absolute atomic E-state index is 12.0. The van der Waals surface area contributed by atoms with E-state index < -0.39 is 0 Å². The van der Waals surface area contributed by atoms with E-state index in [1.165, 1.54) is 31.3 Å². The van der Waals surface area contributed by atoms with E-state index in [1.807, 2.05) is 12.1 Å². The fraction of sp³-hybridized carbons (Fsp3) is 0.400. The zero-order valence-corrected chi connectivity index (χ0v) is 13.3. The molecule has 0 heterocycles. The van der Waals surface area contributed by atoms with E-state index in [1.54, 1.807) is 6.07 Å². The molecule has 1 N–H and O–H groups in total. The first-order valence-corrected chi connectivity index (χ1v) is 7.85. The molecule has 0 aromatic heterocycles. The Kier molecular flexibility index (Phi) is 5.52. The Morgan fingerprint density at radius 3 is 2.89 bits per heavy atom. The van der Waals surface area contributed by atoms with Crippen molar-refractivity contribution in [1.82, 2.24) is 5.32 Å². The molecule has 102 valence electrons. The predicted molar refractivity (Wildman–Crippen MR) is 84.9 cm³/mol. The zero-order chi connectivity index (χ0) is 13.7. The summed E-state index contributed by atoms with van der Waals surface area (Å²) in [5.41, 5.74) is 2.11. The van der Waals surface area contributed by atoms with Gasteiger partial charge in [-0.25, -0.2) is 0 Å². The van der Waals surface area contributed by atoms with Crippen molar-refractivity contribution in [2.24, 2.45) is 0 Å². The first kappa shape index (κ1) is 14.7. The first-order valence-electron chi connectivity index (χ1n) is 6.61. The number of carbonyl (C=O) groups excluding carboxylic acids is 1. The molecular formula is C15H18BrNOS. The molecule has 0 unspecified atom stereocenters. The highest BCUT2D eigenvalue weighted by Gasteiger charge is 2.10. The molecule has 0 saturated carbocycles. The minimum Gasteiger partial charge on any atom is -0.352 e. The summed E-state index contributed by atoms with van der Waals surface area (Å²) in [6, 6.07) is 5.49. The summed E-state index contributed by atoms with van der Waals surface area (Å²) >= 11 is 7.69. The lowest BCUT2D eigenvalue weighted by atomic mass is 9.97. The number of benzene rings is 1. The molecule has 0 radical (unpaired) electrons. The van der Waals surface area contributed by atoms with Crippen molar-refractivity contribution < 1.29 is 4.79 Å². The molecule has 1 aromatic carbocycles. The third-order valence-electron chi connectivity index (χ3n) is 3.32. The third kappa shape index (κ3) is 4.39. The molecule has 0 bridgehead atoms. The van der Waals surface area contributed by atoms with Gasteiger partial charge < -0.3 is 5.32 Å². The van der Waals surface area contributed by atoms with Gasteiger partial charge in [0.05, 0.1) is 5.56 Å². The second kappa shape index (κ2) is 7.15. The van der Waals surface area contributed by atoms with Crippen LogP contribution in [0.4, 0.5) is 0 Å². The van der Waals surface area contributed by atoms with Crippen LogP contribution in [0.2, 0.25) is 0 Å². The number of halogens is 1. The fourth-order valence-electron chi connectivity index (χ4n) is 2.26. The van der Waals surface area contributed by atoms with E-state index in [0.717, 1.165) is 10.9 Å². The molecule has 0 aliphatic heterocycles. The van der Waals surface area contributed by atoms with Gasteiger partial charge in [-0.3, -0.25) is 4.79 Å². The Hall–Kier alpha value is -0.740. The Balaban J connectivity index is 1.85. The van der Waals surface area contributed by atoms with E-state index in [-0.39, 0.29) is 5.91 Å². The molecule has 1 aromatic rings. The lowest BCUT2D eigenvalue weighted by Gasteiger charge is -2.13. The van der Waals surface area contributed by atoms with Crippen molar-refractivity contribution in [3.63, 3.8) is 0 Å². The van der Waals surface area contributed by atoms with Gasteiger partial charge in [-0.2, -0.15) is 0 Å². The molecule has 0 atom stereocenters. The standard InChI is InChI=1S/C15H18BrNOS/c16-12-6-7-13(14(19)10-12)15(18)17-9-8-11-4-2-1-3-5-11/h4,6-7,10,19H,1-3,5,8-9H2,(H,17,18). The smallest absolute Gasteiger partial charge is 0.252 e. The number of thiol groups is 1. The van der Waals surface area contributed by atoms with Gasteiger partial charge in [0.2, 0.25) is 0 Å². The molecule has 19 heavy (non-hydrogen) atoms. The highest BCUT2D eigenvalue weighted by atomic mass is 79.9. The van der Waals surface area contributed by atoms with Gasteiger partial charge >= 0.3 is 0 Å². The number of amides is 1. The summed E-state index contributed by atoms with van der Waals surface area (Å²) in [5.74, 6) is -0.0473. The average molecular weight is 340 g/mol. The average Bonchev–Trinajstić information content (AvgIpc) is 2.39. The largest absolute Gasteiger partial charge is 0.352 e. The number of rotatable bonds is 4. The van der Waals surface area contributed by atoms with Gasteiger partial charge in [-0.1, -0.05) is 27.6 Å². The minimum absolute atomic E-state index is 0.0473. The SMILES string of the molecule is O=C(NCCC1=CCCCC1)c1ccc(Br)cc1S. The highest BCUT2D eigenvalue weighted by Crippen LogP contribution is 2.21. The second-order valence-electron chi connectivity index (χ2n) is 4.78. The van der Waals surface area contributed by atoms with E-state index in [0.29, 0.717) is 17.0 Å². The summed E-state index contributed by atoms with van der Waals surface area (Å²) in [7, 11) is 0. The molecule has 2 nitrogen and oxygen atoms in total. The molecule has 2 rings (SSSR count). The van der Waals surface area contributed by atoms with Crippen LogP contribution in [-0.2, 0) is 0 Å². The third-order valence-corrected chi connectivity index (χ3v) is 4.18. The molecule has 0 saturated heterocycles. The monoisotopic (exact) mass is 339 g/mol. The second-order valence-corrected chi connectivity index (χ2v) is 6.17. The van der Waals surface area contributed by atoms with Crippen LogP contribution in [0.3, 0.4) is 0 Å². The lowest BCUT2D eigenvalue weighted by Crippen LogP contribution is -2.25. The van der Waals surface area contributed by atoms with Gasteiger partial charge in [0.1, 0.15) is 0 Å². The summed E-state index contributed by atoms with van der Waals surface area (Å²) in [6.07, 6.45) is 8.25. The van der Waals surface area contributed by atoms with Gasteiger partial charge in [0.15, 0.2) is 0 Å². The Morgan fingerprint density at radius 2 is 2.21 bits per heavy atom. The van der Waals surface area contributed by atoms with Crippen LogP contribution in [0, 0.1) is 0 Å². The Labute approximate surface area is 128 Å². The number of carbonyl (C=O) groups is 1. The van der Waals surface area contributed by atoms with Crippen LogP contribution < -0.4 is 5.32 Å². The van der Waals surface area contributed by atoms with Crippen LogP contribution in [0.25, 0.3) is 0 Å². The Morgan fingerprint density at radius 1 is 1.37 bits per heavy atom. The van der Waals surface area contributed by atoms with Crippen molar-refractivity contribution in [3.05, 3.63) is 39.9 Å². The van der Waals surface area contributed by atoms with Crippen molar-refractivity contribution in [1.29, 1.82) is 0 Å². The van der Waals surface area contributed by atoms with Gasteiger partial charge in [0, 0.05) is 15.9 Å². The zero-order valence-electron chi connectivity index (χ0n) is 10.8. The van der Waals surface area contributed by atoms with E-state index in [2.05, 4.69) is 40.0 Å². The van der Waals surface area contributed by atoms with E-state index >= 15 is 0 Å². The summed E-state index contributed by atoms with van der Waals surface area (Å²) in [6.45, 7) is 0.702. The Bertz CT molecular complexity index is 499. The molecular weight excluding hydrogens is 322 g/mol. The predicted octanol–water partition coefficient (Wildman–Crippen LogP) is 4.36. The van der Waals surface area contributed by atoms with Gasteiger partial charge in [-0.05, 0) is 50.3 Å². The van der Waals surface area contributed by atoms with E-state index in [4.69, 9.17) is 0 Å². The van der Waals surface area contributed by atoms with Crippen molar-refractivity contribution in [2.75, 3.05) is 6.54 Å². The number of nitrogens with one attached hydrogen (secondary N) is 1. The number of hydrogen-bond donors (Lipinski definition) is 2. The minimum atomic E-state index is -0.0473. The van der Waals surface area contributed by atoms with Crippen LogP contribution in [-0.4, -0.2) is 12.5 Å². The number of hydrogen-bond acceptors (Lipinski definition) is 2. The first-order chi connectivity index (χ1) is 9.16. The molecule has 0 fully saturated rings. The lowest BCUT2D eigenvalue weighted by molar-refractivity contribution is 0.0951. The van der Waals surface area contributed by atoms with Crippen molar-refractivity contribution in [2.45, 2.75) is 37.0 Å². The topological polar surface area (TPSA) is 29.1 Å². The summed E-state index contributed by atoms with van der Waals surface area (Å²) in [4.78, 5) is 12.7. The summed E-state index contributed by atoms with van der Waals surface area (Å²) in [5, 5.41) is 2.96. The van der Waals surface area contributed by atoms with Crippen LogP contribution >= 0.6 is 28.6 Å². The van der Waals surface area contributed by atoms with Crippen LogP contribution in [0.5, 0.6) is 0 Å². The van der Waals surface area contributed by atoms with E-state index in [9.17, 15) is 4.79 Å². The van der Waals surface area contributed by atoms with Crippen molar-refractivity contribution in [3.8, 4) is 0 Å². The molecule has 0 spiro atoms. The highest BCUT2D eigenvalue weighted by molar-refractivity contribution is 9.10. The van der Waals surface area contributed by atoms with Crippen LogP contribution in [0.1, 0.15) is 42.5 Å². The quantitative estimate of drug-likeness (QED) is 0.619. The maximum atomic E-state index is 12.0. The fourth-order valence-corrected chi connectivity index (χ4v) is 3.11.